The molecule has 1 aliphatic heterocycles. The second-order valence-electron chi connectivity index (χ2n) is 8.62. The first kappa shape index (κ1) is 21.0. The summed E-state index contributed by atoms with van der Waals surface area (Å²) in [6, 6.07) is 9.18. The molecule has 1 atom stereocenters. The van der Waals surface area contributed by atoms with Gasteiger partial charge in [0.25, 0.3) is 0 Å². The summed E-state index contributed by atoms with van der Waals surface area (Å²) in [4.78, 5) is 28.7. The van der Waals surface area contributed by atoms with E-state index >= 15 is 0 Å². The molecule has 3 heterocycles. The molecule has 164 valence electrons. The number of halogens is 2. The molecule has 0 amide bonds. The molecule has 1 aromatic carbocycles. The SMILES string of the molecule is O=C(c1cc(F)ccc1-c1ncccn1)[C@@H]1CCC2(CC2)CN1CNc1ccc(Cl)cn1. The lowest BCUT2D eigenvalue weighted by molar-refractivity contribution is 0.0652. The van der Waals surface area contributed by atoms with Gasteiger partial charge in [0.2, 0.25) is 0 Å². The molecule has 3 aromatic rings. The summed E-state index contributed by atoms with van der Waals surface area (Å²) in [5.74, 6) is 0.561. The average Bonchev–Trinajstić information content (AvgIpc) is 3.57. The van der Waals surface area contributed by atoms with E-state index in [9.17, 15) is 9.18 Å². The molecule has 0 unspecified atom stereocenters. The van der Waals surface area contributed by atoms with Crippen LogP contribution in [0.15, 0.2) is 55.0 Å². The van der Waals surface area contributed by atoms with Gasteiger partial charge in [-0.2, -0.15) is 0 Å². The minimum atomic E-state index is -0.447. The number of piperidine rings is 1. The number of hydrogen-bond donors (Lipinski definition) is 1. The predicted octanol–water partition coefficient (Wildman–Crippen LogP) is 4.83. The molecule has 1 saturated carbocycles. The number of carbonyl (C=O) groups excluding carboxylic acids is 1. The first-order chi connectivity index (χ1) is 15.5. The minimum Gasteiger partial charge on any atom is -0.357 e. The number of carbonyl (C=O) groups is 1. The predicted molar refractivity (Wildman–Crippen MR) is 121 cm³/mol. The summed E-state index contributed by atoms with van der Waals surface area (Å²) in [6.45, 7) is 1.30. The number of rotatable bonds is 6. The van der Waals surface area contributed by atoms with Gasteiger partial charge in [0.1, 0.15) is 11.6 Å². The fraction of sp³-hybridized carbons (Fsp3) is 0.333. The Labute approximate surface area is 190 Å². The third-order valence-electron chi connectivity index (χ3n) is 6.43. The smallest absolute Gasteiger partial charge is 0.180 e. The summed E-state index contributed by atoms with van der Waals surface area (Å²) >= 11 is 5.93. The van der Waals surface area contributed by atoms with E-state index in [1.54, 1.807) is 36.8 Å². The molecular formula is C24H23ClFN5O. The van der Waals surface area contributed by atoms with Crippen LogP contribution in [-0.2, 0) is 0 Å². The third-order valence-corrected chi connectivity index (χ3v) is 6.66. The second-order valence-corrected chi connectivity index (χ2v) is 9.06. The molecule has 2 aliphatic rings. The Bertz CT molecular complexity index is 1120. The lowest BCUT2D eigenvalue weighted by atomic mass is 9.86. The average molecular weight is 452 g/mol. The number of Topliss-reactive ketones (excluding diaryl/α,β-unsaturated/α-hetero) is 1. The van der Waals surface area contributed by atoms with Crippen molar-refractivity contribution in [3.63, 3.8) is 0 Å². The van der Waals surface area contributed by atoms with Crippen LogP contribution >= 0.6 is 11.6 Å². The highest BCUT2D eigenvalue weighted by atomic mass is 35.5. The maximum Gasteiger partial charge on any atom is 0.180 e. The van der Waals surface area contributed by atoms with Crippen LogP contribution in [0.25, 0.3) is 11.4 Å². The normalized spacial score (nSPS) is 19.6. The quantitative estimate of drug-likeness (QED) is 0.541. The van der Waals surface area contributed by atoms with Crippen LogP contribution in [0, 0.1) is 11.2 Å². The van der Waals surface area contributed by atoms with Gasteiger partial charge >= 0.3 is 0 Å². The minimum absolute atomic E-state index is 0.103. The van der Waals surface area contributed by atoms with Crippen molar-refractivity contribution < 1.29 is 9.18 Å². The van der Waals surface area contributed by atoms with Crippen LogP contribution in [0.5, 0.6) is 0 Å². The highest BCUT2D eigenvalue weighted by Crippen LogP contribution is 2.53. The lowest BCUT2D eigenvalue weighted by Crippen LogP contribution is -2.50. The van der Waals surface area contributed by atoms with Crippen molar-refractivity contribution >= 4 is 23.2 Å². The molecule has 0 bridgehead atoms. The molecule has 8 heteroatoms. The van der Waals surface area contributed by atoms with Gasteiger partial charge in [0.15, 0.2) is 11.6 Å². The molecular weight excluding hydrogens is 429 g/mol. The standard InChI is InChI=1S/C24H23ClFN5O/c25-16-2-5-21(29-13-16)30-15-31-14-24(8-9-24)7-6-20(31)22(32)19-12-17(26)3-4-18(19)23-27-10-1-11-28-23/h1-5,10-13,20H,6-9,14-15H2,(H,29,30)/t20-/m0/s1. The van der Waals surface area contributed by atoms with Gasteiger partial charge in [-0.1, -0.05) is 11.6 Å². The molecule has 0 radical (unpaired) electrons. The molecule has 2 fully saturated rings. The Kier molecular flexibility index (Phi) is 5.61. The molecule has 1 spiro atoms. The summed E-state index contributed by atoms with van der Waals surface area (Å²) in [5.41, 5.74) is 1.18. The lowest BCUT2D eigenvalue weighted by Gasteiger charge is -2.39. The van der Waals surface area contributed by atoms with Crippen molar-refractivity contribution in [2.45, 2.75) is 31.7 Å². The van der Waals surface area contributed by atoms with Crippen molar-refractivity contribution in [2.75, 3.05) is 18.5 Å². The highest BCUT2D eigenvalue weighted by Gasteiger charge is 2.49. The number of hydrogen-bond acceptors (Lipinski definition) is 6. The van der Waals surface area contributed by atoms with E-state index in [4.69, 9.17) is 11.6 Å². The Hall–Kier alpha value is -2.90. The number of nitrogens with one attached hydrogen (secondary N) is 1. The molecule has 5 rings (SSSR count). The van der Waals surface area contributed by atoms with Crippen molar-refractivity contribution in [2.24, 2.45) is 5.41 Å². The number of anilines is 1. The van der Waals surface area contributed by atoms with Crippen molar-refractivity contribution in [3.05, 3.63) is 71.4 Å². The van der Waals surface area contributed by atoms with Crippen molar-refractivity contribution in [3.8, 4) is 11.4 Å². The van der Waals surface area contributed by atoms with E-state index in [0.29, 0.717) is 39.9 Å². The van der Waals surface area contributed by atoms with E-state index in [1.165, 1.54) is 25.0 Å². The van der Waals surface area contributed by atoms with Crippen LogP contribution < -0.4 is 5.32 Å². The van der Waals surface area contributed by atoms with E-state index in [0.717, 1.165) is 19.4 Å². The van der Waals surface area contributed by atoms with E-state index in [1.807, 2.05) is 6.07 Å². The first-order valence-corrected chi connectivity index (χ1v) is 11.1. The molecule has 2 aromatic heterocycles. The number of benzene rings is 1. The third kappa shape index (κ3) is 4.36. The summed E-state index contributed by atoms with van der Waals surface area (Å²) < 4.78 is 14.2. The monoisotopic (exact) mass is 451 g/mol. The zero-order valence-electron chi connectivity index (χ0n) is 17.5. The molecule has 1 N–H and O–H groups in total. The highest BCUT2D eigenvalue weighted by molar-refractivity contribution is 6.30. The number of pyridine rings is 1. The summed E-state index contributed by atoms with van der Waals surface area (Å²) in [7, 11) is 0. The van der Waals surface area contributed by atoms with Crippen LogP contribution in [0.3, 0.4) is 0 Å². The first-order valence-electron chi connectivity index (χ1n) is 10.7. The van der Waals surface area contributed by atoms with Crippen LogP contribution in [-0.4, -0.2) is 44.9 Å². The Balaban J connectivity index is 1.42. The van der Waals surface area contributed by atoms with Gasteiger partial charge < -0.3 is 5.32 Å². The van der Waals surface area contributed by atoms with E-state index < -0.39 is 5.82 Å². The fourth-order valence-corrected chi connectivity index (χ4v) is 4.60. The van der Waals surface area contributed by atoms with Gasteiger partial charge in [0.05, 0.1) is 17.7 Å². The van der Waals surface area contributed by atoms with Crippen LogP contribution in [0.4, 0.5) is 10.2 Å². The Morgan fingerprint density at radius 2 is 1.97 bits per heavy atom. The second kappa shape index (κ2) is 8.56. The topological polar surface area (TPSA) is 71.0 Å². The molecule has 32 heavy (non-hydrogen) atoms. The number of nitrogens with zero attached hydrogens (tertiary/aromatic N) is 4. The van der Waals surface area contributed by atoms with Gasteiger partial charge in [-0.3, -0.25) is 9.69 Å². The Morgan fingerprint density at radius 1 is 1.16 bits per heavy atom. The summed E-state index contributed by atoms with van der Waals surface area (Å²) in [5, 5.41) is 3.88. The van der Waals surface area contributed by atoms with E-state index in [2.05, 4.69) is 25.2 Å². The van der Waals surface area contributed by atoms with Crippen molar-refractivity contribution in [1.82, 2.24) is 19.9 Å². The van der Waals surface area contributed by atoms with Gasteiger partial charge in [-0.15, -0.1) is 0 Å². The number of ketones is 1. The molecule has 6 nitrogen and oxygen atoms in total. The van der Waals surface area contributed by atoms with Gasteiger partial charge in [-0.05, 0) is 67.5 Å². The van der Waals surface area contributed by atoms with Crippen LogP contribution in [0.2, 0.25) is 5.02 Å². The van der Waals surface area contributed by atoms with Crippen molar-refractivity contribution in [1.29, 1.82) is 0 Å². The maximum atomic E-state index is 14.2. The molecule has 1 aliphatic carbocycles. The van der Waals surface area contributed by atoms with Gasteiger partial charge in [0, 0.05) is 36.3 Å². The maximum absolute atomic E-state index is 14.2. The van der Waals surface area contributed by atoms with E-state index in [-0.39, 0.29) is 11.8 Å². The Morgan fingerprint density at radius 3 is 2.69 bits per heavy atom. The van der Waals surface area contributed by atoms with Crippen LogP contribution in [0.1, 0.15) is 36.0 Å². The summed E-state index contributed by atoms with van der Waals surface area (Å²) in [6.07, 6.45) is 8.94. The largest absolute Gasteiger partial charge is 0.357 e. The fourth-order valence-electron chi connectivity index (χ4n) is 4.49. The zero-order valence-corrected chi connectivity index (χ0v) is 18.2. The number of likely N-dealkylation sites (tertiary alicyclic amines) is 1. The molecule has 1 saturated heterocycles. The number of aromatic nitrogens is 3. The van der Waals surface area contributed by atoms with Gasteiger partial charge in [-0.25, -0.2) is 19.3 Å². The zero-order chi connectivity index (χ0) is 22.1.